The number of carbonyl (C=O) groups is 1. The summed E-state index contributed by atoms with van der Waals surface area (Å²) in [6.07, 6.45) is 2.40. The molecule has 1 fully saturated rings. The first-order valence-corrected chi connectivity index (χ1v) is 5.28. The summed E-state index contributed by atoms with van der Waals surface area (Å²) < 4.78 is 23.9. The van der Waals surface area contributed by atoms with E-state index in [4.69, 9.17) is 9.47 Å². The second-order valence-corrected chi connectivity index (χ2v) is 3.80. The molecule has 0 aliphatic carbocycles. The Labute approximate surface area is 93.2 Å². The summed E-state index contributed by atoms with van der Waals surface area (Å²) in [4.78, 5) is 10.6. The molecule has 1 aromatic carbocycles. The standard InChI is InChI=1S/C12H13FO3/c13-10-4-9(7-14)5-12(6-10)16-11-2-1-3-15-8-11/h4-7,11H,1-3,8H2. The molecule has 0 aromatic heterocycles. The van der Waals surface area contributed by atoms with Crippen molar-refractivity contribution in [1.29, 1.82) is 0 Å². The molecule has 3 nitrogen and oxygen atoms in total. The predicted molar refractivity (Wildman–Crippen MR) is 56.3 cm³/mol. The van der Waals surface area contributed by atoms with Gasteiger partial charge in [-0.05, 0) is 25.0 Å². The van der Waals surface area contributed by atoms with E-state index in [2.05, 4.69) is 0 Å². The van der Waals surface area contributed by atoms with E-state index in [1.165, 1.54) is 18.2 Å². The van der Waals surface area contributed by atoms with Crippen LogP contribution in [0.1, 0.15) is 23.2 Å². The third-order valence-electron chi connectivity index (χ3n) is 2.45. The highest BCUT2D eigenvalue weighted by atomic mass is 19.1. The third-order valence-corrected chi connectivity index (χ3v) is 2.45. The van der Waals surface area contributed by atoms with Gasteiger partial charge in [0.2, 0.25) is 0 Å². The lowest BCUT2D eigenvalue weighted by atomic mass is 10.1. The minimum atomic E-state index is -0.462. The van der Waals surface area contributed by atoms with Gasteiger partial charge in [-0.1, -0.05) is 0 Å². The molecule has 1 aromatic rings. The van der Waals surface area contributed by atoms with Gasteiger partial charge in [0.25, 0.3) is 0 Å². The van der Waals surface area contributed by atoms with Crippen molar-refractivity contribution in [2.45, 2.75) is 18.9 Å². The highest BCUT2D eigenvalue weighted by Crippen LogP contribution is 2.19. The van der Waals surface area contributed by atoms with Crippen molar-refractivity contribution in [3.63, 3.8) is 0 Å². The highest BCUT2D eigenvalue weighted by molar-refractivity contribution is 5.75. The van der Waals surface area contributed by atoms with Gasteiger partial charge in [0.1, 0.15) is 24.0 Å². The number of hydrogen-bond donors (Lipinski definition) is 0. The Balaban J connectivity index is 2.07. The summed E-state index contributed by atoms with van der Waals surface area (Å²) in [5.74, 6) is -0.0751. The molecule has 0 amide bonds. The molecule has 0 saturated carbocycles. The second-order valence-electron chi connectivity index (χ2n) is 3.80. The van der Waals surface area contributed by atoms with E-state index >= 15 is 0 Å². The van der Waals surface area contributed by atoms with Crippen LogP contribution in [-0.2, 0) is 4.74 Å². The molecule has 4 heteroatoms. The van der Waals surface area contributed by atoms with Crippen LogP contribution >= 0.6 is 0 Å². The van der Waals surface area contributed by atoms with Crippen LogP contribution in [0.25, 0.3) is 0 Å². The van der Waals surface area contributed by atoms with Crippen LogP contribution in [0.15, 0.2) is 18.2 Å². The number of hydrogen-bond acceptors (Lipinski definition) is 3. The first-order valence-electron chi connectivity index (χ1n) is 5.28. The van der Waals surface area contributed by atoms with Crippen molar-refractivity contribution in [2.24, 2.45) is 0 Å². The molecular weight excluding hydrogens is 211 g/mol. The largest absolute Gasteiger partial charge is 0.488 e. The van der Waals surface area contributed by atoms with Crippen molar-refractivity contribution in [1.82, 2.24) is 0 Å². The van der Waals surface area contributed by atoms with E-state index in [0.29, 0.717) is 18.6 Å². The summed E-state index contributed by atoms with van der Waals surface area (Å²) in [5.41, 5.74) is 0.284. The van der Waals surface area contributed by atoms with Crippen LogP contribution in [0.2, 0.25) is 0 Å². The molecule has 1 atom stereocenters. The normalized spacial score (nSPS) is 20.4. The Kier molecular flexibility index (Phi) is 3.51. The first-order chi connectivity index (χ1) is 7.78. The van der Waals surface area contributed by atoms with Gasteiger partial charge in [-0.2, -0.15) is 0 Å². The predicted octanol–water partition coefficient (Wildman–Crippen LogP) is 2.20. The highest BCUT2D eigenvalue weighted by Gasteiger charge is 2.15. The summed E-state index contributed by atoms with van der Waals surface area (Å²) in [6, 6.07) is 3.99. The van der Waals surface area contributed by atoms with E-state index in [1.807, 2.05) is 0 Å². The Morgan fingerprint density at radius 3 is 3.00 bits per heavy atom. The molecule has 1 unspecified atom stereocenters. The van der Waals surface area contributed by atoms with E-state index in [0.717, 1.165) is 19.4 Å². The molecular formula is C12H13FO3. The summed E-state index contributed by atoms with van der Waals surface area (Å²) in [5, 5.41) is 0. The second kappa shape index (κ2) is 5.07. The van der Waals surface area contributed by atoms with Crippen LogP contribution in [0.5, 0.6) is 5.75 Å². The number of benzene rings is 1. The molecule has 1 aliphatic rings. The number of carbonyl (C=O) groups excluding carboxylic acids is 1. The zero-order chi connectivity index (χ0) is 11.4. The smallest absolute Gasteiger partial charge is 0.150 e. The quantitative estimate of drug-likeness (QED) is 0.738. The van der Waals surface area contributed by atoms with Gasteiger partial charge in [-0.3, -0.25) is 4.79 Å². The number of aldehydes is 1. The van der Waals surface area contributed by atoms with Crippen LogP contribution < -0.4 is 4.74 Å². The number of halogens is 1. The topological polar surface area (TPSA) is 35.5 Å². The fourth-order valence-corrected chi connectivity index (χ4v) is 1.72. The molecule has 0 radical (unpaired) electrons. The summed E-state index contributed by atoms with van der Waals surface area (Å²) in [7, 11) is 0. The summed E-state index contributed by atoms with van der Waals surface area (Å²) in [6.45, 7) is 1.27. The molecule has 0 bridgehead atoms. The lowest BCUT2D eigenvalue weighted by molar-refractivity contribution is 0.00729. The number of ether oxygens (including phenoxy) is 2. The average molecular weight is 224 g/mol. The maximum absolute atomic E-state index is 13.1. The Hall–Kier alpha value is -1.42. The molecule has 16 heavy (non-hydrogen) atoms. The van der Waals surface area contributed by atoms with Crippen molar-refractivity contribution in [3.8, 4) is 5.75 Å². The molecule has 1 aliphatic heterocycles. The van der Waals surface area contributed by atoms with Crippen molar-refractivity contribution >= 4 is 6.29 Å². The maximum Gasteiger partial charge on any atom is 0.150 e. The Morgan fingerprint density at radius 2 is 2.31 bits per heavy atom. The number of rotatable bonds is 3. The average Bonchev–Trinajstić information content (AvgIpc) is 2.29. The van der Waals surface area contributed by atoms with E-state index in [1.54, 1.807) is 0 Å². The first kappa shape index (κ1) is 11.1. The van der Waals surface area contributed by atoms with Gasteiger partial charge < -0.3 is 9.47 Å². The van der Waals surface area contributed by atoms with Gasteiger partial charge in [0.05, 0.1) is 6.61 Å². The Bertz CT molecular complexity index is 373. The van der Waals surface area contributed by atoms with Crippen molar-refractivity contribution < 1.29 is 18.7 Å². The lowest BCUT2D eigenvalue weighted by Gasteiger charge is -2.23. The van der Waals surface area contributed by atoms with Crippen LogP contribution in [-0.4, -0.2) is 25.6 Å². The van der Waals surface area contributed by atoms with Crippen LogP contribution in [0.4, 0.5) is 4.39 Å². The van der Waals surface area contributed by atoms with Gasteiger partial charge in [0.15, 0.2) is 0 Å². The van der Waals surface area contributed by atoms with Gasteiger partial charge in [0, 0.05) is 18.2 Å². The molecule has 2 rings (SSSR count). The van der Waals surface area contributed by atoms with Gasteiger partial charge >= 0.3 is 0 Å². The monoisotopic (exact) mass is 224 g/mol. The zero-order valence-corrected chi connectivity index (χ0v) is 8.82. The van der Waals surface area contributed by atoms with E-state index in [-0.39, 0.29) is 11.7 Å². The van der Waals surface area contributed by atoms with Crippen molar-refractivity contribution in [2.75, 3.05) is 13.2 Å². The minimum absolute atomic E-state index is 0.0462. The lowest BCUT2D eigenvalue weighted by Crippen LogP contribution is -2.28. The summed E-state index contributed by atoms with van der Waals surface area (Å²) >= 11 is 0. The van der Waals surface area contributed by atoms with Crippen molar-refractivity contribution in [3.05, 3.63) is 29.6 Å². The van der Waals surface area contributed by atoms with Gasteiger partial charge in [-0.15, -0.1) is 0 Å². The van der Waals surface area contributed by atoms with Crippen LogP contribution in [0, 0.1) is 5.82 Å². The van der Waals surface area contributed by atoms with Crippen LogP contribution in [0.3, 0.4) is 0 Å². The van der Waals surface area contributed by atoms with E-state index < -0.39 is 5.82 Å². The third kappa shape index (κ3) is 2.79. The van der Waals surface area contributed by atoms with Gasteiger partial charge in [-0.25, -0.2) is 4.39 Å². The molecule has 0 N–H and O–H groups in total. The van der Waals surface area contributed by atoms with E-state index in [9.17, 15) is 9.18 Å². The fourth-order valence-electron chi connectivity index (χ4n) is 1.72. The maximum atomic E-state index is 13.1. The molecule has 86 valence electrons. The molecule has 0 spiro atoms. The molecule has 1 saturated heterocycles. The SMILES string of the molecule is O=Cc1cc(F)cc(OC2CCCOC2)c1. The minimum Gasteiger partial charge on any atom is -0.488 e. The Morgan fingerprint density at radius 1 is 1.44 bits per heavy atom. The fraction of sp³-hybridized carbons (Fsp3) is 0.417. The zero-order valence-electron chi connectivity index (χ0n) is 8.82. The molecule has 1 heterocycles.